The zero-order valence-electron chi connectivity index (χ0n) is 5.65. The van der Waals surface area contributed by atoms with Crippen LogP contribution in [0.5, 0.6) is 0 Å². The monoisotopic (exact) mass is 133 g/mol. The Morgan fingerprint density at radius 3 is 3.30 bits per heavy atom. The SMILES string of the molecule is Cn1cnc2c1[N+]=CC=C2. The highest BCUT2D eigenvalue weighted by Crippen LogP contribution is 2.14. The van der Waals surface area contributed by atoms with E-state index in [9.17, 15) is 0 Å². The first-order valence-corrected chi connectivity index (χ1v) is 3.10. The van der Waals surface area contributed by atoms with Gasteiger partial charge < -0.3 is 0 Å². The van der Waals surface area contributed by atoms with Gasteiger partial charge in [0.2, 0.25) is 0 Å². The van der Waals surface area contributed by atoms with Crippen LogP contribution in [-0.2, 0) is 7.05 Å². The van der Waals surface area contributed by atoms with Gasteiger partial charge in [-0.1, -0.05) is 0 Å². The number of aliphatic imine (C=N–C) groups is 1. The minimum Gasteiger partial charge on any atom is -0.215 e. The standard InChI is InChI=1S/C7H7N3/c1-10-5-9-6-3-2-4-8-7(6)10/h2-5H,1H3/q+1. The number of aromatic nitrogens is 2. The smallest absolute Gasteiger partial charge is 0.215 e. The van der Waals surface area contributed by atoms with E-state index >= 15 is 0 Å². The Morgan fingerprint density at radius 2 is 2.50 bits per heavy atom. The first-order valence-electron chi connectivity index (χ1n) is 3.10. The highest BCUT2D eigenvalue weighted by molar-refractivity contribution is 5.83. The normalized spacial score (nSPS) is 13.7. The number of rotatable bonds is 0. The summed E-state index contributed by atoms with van der Waals surface area (Å²) in [5.74, 6) is 0.933. The molecule has 2 heterocycles. The van der Waals surface area contributed by atoms with Gasteiger partial charge in [-0.05, 0) is 17.1 Å². The van der Waals surface area contributed by atoms with Gasteiger partial charge in [-0.25, -0.2) is 9.55 Å². The van der Waals surface area contributed by atoms with Crippen molar-refractivity contribution >= 4 is 18.1 Å². The van der Waals surface area contributed by atoms with Crippen LogP contribution in [0.15, 0.2) is 12.4 Å². The molecule has 0 amide bonds. The Hall–Kier alpha value is -1.38. The molecule has 0 N–H and O–H groups in total. The summed E-state index contributed by atoms with van der Waals surface area (Å²) in [6.45, 7) is 0. The third-order valence-corrected chi connectivity index (χ3v) is 1.47. The van der Waals surface area contributed by atoms with E-state index in [1.54, 1.807) is 12.5 Å². The van der Waals surface area contributed by atoms with Gasteiger partial charge in [0.05, 0.1) is 7.05 Å². The third kappa shape index (κ3) is 0.603. The number of allylic oxidation sites excluding steroid dienone is 1. The molecule has 1 aliphatic heterocycles. The fourth-order valence-corrected chi connectivity index (χ4v) is 0.964. The molecule has 0 atom stereocenters. The number of hydrogen-bond donors (Lipinski definition) is 0. The van der Waals surface area contributed by atoms with Crippen molar-refractivity contribution in [2.24, 2.45) is 7.05 Å². The van der Waals surface area contributed by atoms with Crippen molar-refractivity contribution in [1.82, 2.24) is 14.5 Å². The number of nitrogens with zero attached hydrogens (tertiary/aromatic N) is 3. The van der Waals surface area contributed by atoms with Crippen LogP contribution in [0.2, 0.25) is 0 Å². The number of hydrogen-bond acceptors (Lipinski definition) is 2. The highest BCUT2D eigenvalue weighted by Gasteiger charge is 2.15. The molecular formula is C7H7N3+. The molecule has 2 rings (SSSR count). The molecule has 1 aromatic rings. The Bertz CT molecular complexity index is 307. The Morgan fingerprint density at radius 1 is 1.60 bits per heavy atom. The molecule has 0 aromatic carbocycles. The van der Waals surface area contributed by atoms with Crippen LogP contribution in [0.4, 0.5) is 5.82 Å². The van der Waals surface area contributed by atoms with Gasteiger partial charge in [0, 0.05) is 0 Å². The average Bonchev–Trinajstić information content (AvgIpc) is 2.34. The molecule has 49 valence electrons. The summed E-state index contributed by atoms with van der Waals surface area (Å²) >= 11 is 0. The highest BCUT2D eigenvalue weighted by atomic mass is 15.1. The lowest BCUT2D eigenvalue weighted by molar-refractivity contribution is 0.899. The van der Waals surface area contributed by atoms with Crippen LogP contribution in [0.3, 0.4) is 0 Å². The van der Waals surface area contributed by atoms with E-state index < -0.39 is 0 Å². The number of aryl methyl sites for hydroxylation is 1. The molecule has 3 heteroatoms. The number of imidazole rings is 1. The first-order chi connectivity index (χ1) is 4.88. The van der Waals surface area contributed by atoms with Crippen LogP contribution in [0.25, 0.3) is 6.08 Å². The van der Waals surface area contributed by atoms with Crippen molar-refractivity contribution in [1.29, 1.82) is 0 Å². The van der Waals surface area contributed by atoms with Crippen molar-refractivity contribution in [2.75, 3.05) is 0 Å². The van der Waals surface area contributed by atoms with Crippen molar-refractivity contribution in [3.8, 4) is 0 Å². The van der Waals surface area contributed by atoms with Gasteiger partial charge >= 0.3 is 5.82 Å². The third-order valence-electron chi connectivity index (χ3n) is 1.47. The minimum atomic E-state index is 0.933. The van der Waals surface area contributed by atoms with Crippen molar-refractivity contribution in [3.05, 3.63) is 18.1 Å². The van der Waals surface area contributed by atoms with Gasteiger partial charge in [0.1, 0.15) is 6.21 Å². The summed E-state index contributed by atoms with van der Waals surface area (Å²) in [7, 11) is 1.93. The fourth-order valence-electron chi connectivity index (χ4n) is 0.964. The average molecular weight is 133 g/mol. The molecule has 0 fully saturated rings. The van der Waals surface area contributed by atoms with Crippen LogP contribution in [0, 0.1) is 0 Å². The van der Waals surface area contributed by atoms with Gasteiger partial charge in [0.25, 0.3) is 0 Å². The van der Waals surface area contributed by atoms with Crippen LogP contribution < -0.4 is 4.99 Å². The molecule has 0 bridgehead atoms. The van der Waals surface area contributed by atoms with Gasteiger partial charge in [-0.2, -0.15) is 0 Å². The summed E-state index contributed by atoms with van der Waals surface area (Å²) in [5, 5.41) is 0. The maximum Gasteiger partial charge on any atom is 0.349 e. The van der Waals surface area contributed by atoms with E-state index in [0.29, 0.717) is 0 Å². The van der Waals surface area contributed by atoms with Gasteiger partial charge in [-0.3, -0.25) is 0 Å². The second-order valence-corrected chi connectivity index (χ2v) is 2.20. The lowest BCUT2D eigenvalue weighted by Gasteiger charge is -1.86. The van der Waals surface area contributed by atoms with E-state index in [4.69, 9.17) is 0 Å². The second kappa shape index (κ2) is 1.80. The summed E-state index contributed by atoms with van der Waals surface area (Å²) in [6.07, 6.45) is 7.36. The van der Waals surface area contributed by atoms with E-state index in [1.165, 1.54) is 0 Å². The predicted molar refractivity (Wildman–Crippen MR) is 40.1 cm³/mol. The molecular weight excluding hydrogens is 126 g/mol. The number of fused-ring (bicyclic) bond motifs is 1. The van der Waals surface area contributed by atoms with E-state index in [-0.39, 0.29) is 0 Å². The molecule has 10 heavy (non-hydrogen) atoms. The van der Waals surface area contributed by atoms with Gasteiger partial charge in [-0.15, -0.1) is 0 Å². The Kier molecular flexibility index (Phi) is 0.974. The molecule has 0 saturated heterocycles. The van der Waals surface area contributed by atoms with E-state index in [0.717, 1.165) is 11.5 Å². The van der Waals surface area contributed by atoms with Crippen molar-refractivity contribution in [2.45, 2.75) is 0 Å². The molecule has 1 aliphatic rings. The van der Waals surface area contributed by atoms with Gasteiger partial charge in [0.15, 0.2) is 12.0 Å². The fraction of sp³-hybridized carbons (Fsp3) is 0.143. The Labute approximate surface area is 58.7 Å². The predicted octanol–water partition coefficient (Wildman–Crippen LogP) is 0.485. The minimum absolute atomic E-state index is 0.933. The van der Waals surface area contributed by atoms with E-state index in [1.807, 2.05) is 23.8 Å². The summed E-state index contributed by atoms with van der Waals surface area (Å²) in [5.41, 5.74) is 0.949. The second-order valence-electron chi connectivity index (χ2n) is 2.20. The topological polar surface area (TPSA) is 31.9 Å². The largest absolute Gasteiger partial charge is 0.349 e. The first kappa shape index (κ1) is 5.41. The molecule has 3 nitrogen and oxygen atoms in total. The zero-order chi connectivity index (χ0) is 6.97. The molecule has 1 aromatic heterocycles. The molecule has 0 saturated carbocycles. The van der Waals surface area contributed by atoms with E-state index in [2.05, 4.69) is 9.98 Å². The quantitative estimate of drug-likeness (QED) is 0.506. The molecule has 0 unspecified atom stereocenters. The summed E-state index contributed by atoms with van der Waals surface area (Å²) in [6, 6.07) is 0. The Balaban J connectivity index is 2.69. The van der Waals surface area contributed by atoms with Crippen molar-refractivity contribution < 1.29 is 0 Å². The molecule has 0 spiro atoms. The van der Waals surface area contributed by atoms with Crippen LogP contribution >= 0.6 is 0 Å². The zero-order valence-corrected chi connectivity index (χ0v) is 5.65. The van der Waals surface area contributed by atoms with Crippen LogP contribution in [-0.4, -0.2) is 15.8 Å². The lowest BCUT2D eigenvalue weighted by Crippen LogP contribution is -1.95. The maximum absolute atomic E-state index is 4.14. The van der Waals surface area contributed by atoms with Crippen molar-refractivity contribution in [3.63, 3.8) is 0 Å². The molecule has 1 radical (unpaired) electrons. The van der Waals surface area contributed by atoms with Crippen LogP contribution in [0.1, 0.15) is 5.69 Å². The summed E-state index contributed by atoms with van der Waals surface area (Å²) in [4.78, 5) is 8.26. The maximum atomic E-state index is 4.14. The lowest BCUT2D eigenvalue weighted by atomic mass is 10.3. The molecule has 0 aliphatic carbocycles. The summed E-state index contributed by atoms with van der Waals surface area (Å²) < 4.78 is 1.90.